The number of carbonyl (C=O) groups is 1. The van der Waals surface area contributed by atoms with E-state index in [9.17, 15) is 9.59 Å². The zero-order chi connectivity index (χ0) is 17.6. The number of rotatable bonds is 5. The molecule has 1 amide bonds. The van der Waals surface area contributed by atoms with E-state index >= 15 is 0 Å². The highest BCUT2D eigenvalue weighted by Crippen LogP contribution is 2.30. The average molecular weight is 345 g/mol. The molecule has 1 aliphatic heterocycles. The van der Waals surface area contributed by atoms with Gasteiger partial charge in [-0.25, -0.2) is 9.48 Å². The van der Waals surface area contributed by atoms with Crippen molar-refractivity contribution in [3.8, 4) is 0 Å². The lowest BCUT2D eigenvalue weighted by Gasteiger charge is -2.26. The summed E-state index contributed by atoms with van der Waals surface area (Å²) in [6.07, 6.45) is 3.40. The molecule has 4 rings (SSSR count). The second-order valence-electron chi connectivity index (χ2n) is 7.09. The Morgan fingerprint density at radius 3 is 2.76 bits per heavy atom. The van der Waals surface area contributed by atoms with Gasteiger partial charge in [-0.3, -0.25) is 9.36 Å². The molecule has 2 aromatic rings. The Morgan fingerprint density at radius 2 is 2.08 bits per heavy atom. The summed E-state index contributed by atoms with van der Waals surface area (Å²) in [6, 6.07) is 0. The van der Waals surface area contributed by atoms with Crippen LogP contribution in [-0.4, -0.2) is 36.9 Å². The third kappa shape index (κ3) is 3.12. The fourth-order valence-corrected chi connectivity index (χ4v) is 3.42. The smallest absolute Gasteiger partial charge is 0.346 e. The quantitative estimate of drug-likeness (QED) is 0.808. The molecule has 1 fully saturated rings. The lowest BCUT2D eigenvalue weighted by molar-refractivity contribution is -0.132. The number of aryl methyl sites for hydroxylation is 2. The molecule has 1 aliphatic carbocycles. The van der Waals surface area contributed by atoms with E-state index in [-0.39, 0.29) is 11.6 Å². The third-order valence-corrected chi connectivity index (χ3v) is 5.18. The van der Waals surface area contributed by atoms with Crippen molar-refractivity contribution in [2.45, 2.75) is 59.2 Å². The molecule has 1 saturated carbocycles. The van der Waals surface area contributed by atoms with Gasteiger partial charge in [0.25, 0.3) is 0 Å². The van der Waals surface area contributed by atoms with Crippen LogP contribution in [0.4, 0.5) is 0 Å². The molecule has 0 atom stereocenters. The topological polar surface area (TPSA) is 86.2 Å². The van der Waals surface area contributed by atoms with E-state index in [0.29, 0.717) is 50.8 Å². The molecule has 2 aliphatic rings. The molecular formula is C17H23N5O3. The molecule has 8 nitrogen and oxygen atoms in total. The van der Waals surface area contributed by atoms with Crippen LogP contribution >= 0.6 is 0 Å². The van der Waals surface area contributed by atoms with Crippen molar-refractivity contribution in [1.29, 1.82) is 0 Å². The molecule has 0 radical (unpaired) electrons. The zero-order valence-corrected chi connectivity index (χ0v) is 14.7. The Labute approximate surface area is 145 Å². The molecular weight excluding hydrogens is 322 g/mol. The zero-order valence-electron chi connectivity index (χ0n) is 14.7. The predicted molar refractivity (Wildman–Crippen MR) is 88.9 cm³/mol. The largest absolute Gasteiger partial charge is 0.361 e. The highest BCUT2D eigenvalue weighted by Gasteiger charge is 2.28. The van der Waals surface area contributed by atoms with E-state index in [1.165, 1.54) is 12.8 Å². The molecule has 0 N–H and O–H groups in total. The number of hydrogen-bond donors (Lipinski definition) is 0. The maximum atomic E-state index is 12.6. The van der Waals surface area contributed by atoms with Crippen LogP contribution in [0.25, 0.3) is 0 Å². The number of amides is 1. The molecule has 0 spiro atoms. The van der Waals surface area contributed by atoms with Gasteiger partial charge in [0.05, 0.1) is 12.2 Å². The van der Waals surface area contributed by atoms with Crippen LogP contribution in [0.3, 0.4) is 0 Å². The molecule has 3 heterocycles. The van der Waals surface area contributed by atoms with Crippen molar-refractivity contribution >= 4 is 5.91 Å². The van der Waals surface area contributed by atoms with Crippen molar-refractivity contribution in [3.05, 3.63) is 33.3 Å². The van der Waals surface area contributed by atoms with Gasteiger partial charge in [0.15, 0.2) is 5.82 Å². The summed E-state index contributed by atoms with van der Waals surface area (Å²) < 4.78 is 8.43. The first-order chi connectivity index (χ1) is 12.0. The van der Waals surface area contributed by atoms with Crippen molar-refractivity contribution in [3.63, 3.8) is 0 Å². The number of hydrogen-bond acceptors (Lipinski definition) is 5. The number of carbonyl (C=O) groups excluding carboxylic acids is 1. The van der Waals surface area contributed by atoms with Gasteiger partial charge >= 0.3 is 5.69 Å². The minimum absolute atomic E-state index is 0.0373. The monoisotopic (exact) mass is 345 g/mol. The SMILES string of the molecule is Cc1noc(C)c1CCC(=O)N1CCn2c(nn(CC3CC3)c2=O)C1. The maximum Gasteiger partial charge on any atom is 0.346 e. The normalized spacial score (nSPS) is 17.0. The van der Waals surface area contributed by atoms with Gasteiger partial charge in [-0.05, 0) is 39.0 Å². The molecule has 134 valence electrons. The van der Waals surface area contributed by atoms with Gasteiger partial charge in [0.1, 0.15) is 5.76 Å². The van der Waals surface area contributed by atoms with Crippen LogP contribution < -0.4 is 5.69 Å². The summed E-state index contributed by atoms with van der Waals surface area (Å²) >= 11 is 0. The van der Waals surface area contributed by atoms with E-state index in [4.69, 9.17) is 4.52 Å². The van der Waals surface area contributed by atoms with Crippen LogP contribution in [0.5, 0.6) is 0 Å². The minimum Gasteiger partial charge on any atom is -0.361 e. The maximum absolute atomic E-state index is 12.6. The van der Waals surface area contributed by atoms with E-state index < -0.39 is 0 Å². The van der Waals surface area contributed by atoms with Gasteiger partial charge in [0, 0.05) is 31.6 Å². The number of aromatic nitrogens is 4. The standard InChI is InChI=1S/C17H23N5O3/c1-11-14(12(2)25-19-11)5-6-16(23)20-7-8-21-15(10-20)18-22(17(21)24)9-13-3-4-13/h13H,3-10H2,1-2H3. The molecule has 0 aromatic carbocycles. The van der Waals surface area contributed by atoms with E-state index in [2.05, 4.69) is 10.3 Å². The summed E-state index contributed by atoms with van der Waals surface area (Å²) in [5, 5.41) is 8.38. The van der Waals surface area contributed by atoms with Crippen molar-refractivity contribution in [2.24, 2.45) is 5.92 Å². The first-order valence-electron chi connectivity index (χ1n) is 8.89. The van der Waals surface area contributed by atoms with Crippen LogP contribution in [-0.2, 0) is 30.8 Å². The Hall–Kier alpha value is -2.38. The van der Waals surface area contributed by atoms with Gasteiger partial charge in [-0.15, -0.1) is 0 Å². The van der Waals surface area contributed by atoms with Gasteiger partial charge in [0.2, 0.25) is 5.91 Å². The second-order valence-corrected chi connectivity index (χ2v) is 7.09. The van der Waals surface area contributed by atoms with E-state index in [1.54, 1.807) is 14.1 Å². The molecule has 0 saturated heterocycles. The second kappa shape index (κ2) is 6.16. The van der Waals surface area contributed by atoms with Crippen LogP contribution in [0.15, 0.2) is 9.32 Å². The molecule has 8 heteroatoms. The van der Waals surface area contributed by atoms with Crippen LogP contribution in [0.1, 0.15) is 42.1 Å². The summed E-state index contributed by atoms with van der Waals surface area (Å²) in [5.74, 6) is 2.15. The fraction of sp³-hybridized carbons (Fsp3) is 0.647. The van der Waals surface area contributed by atoms with Crippen LogP contribution in [0, 0.1) is 19.8 Å². The van der Waals surface area contributed by atoms with E-state index in [1.807, 2.05) is 13.8 Å². The molecule has 0 bridgehead atoms. The third-order valence-electron chi connectivity index (χ3n) is 5.18. The average Bonchev–Trinajstić information content (AvgIpc) is 3.29. The van der Waals surface area contributed by atoms with Crippen molar-refractivity contribution in [2.75, 3.05) is 6.54 Å². The Balaban J connectivity index is 1.41. The van der Waals surface area contributed by atoms with E-state index in [0.717, 1.165) is 17.0 Å². The summed E-state index contributed by atoms with van der Waals surface area (Å²) in [4.78, 5) is 26.7. The number of fused-ring (bicyclic) bond motifs is 1. The lowest BCUT2D eigenvalue weighted by atomic mass is 10.1. The summed E-state index contributed by atoms with van der Waals surface area (Å²) in [7, 11) is 0. The molecule has 25 heavy (non-hydrogen) atoms. The molecule has 0 unspecified atom stereocenters. The summed E-state index contributed by atoms with van der Waals surface area (Å²) in [6.45, 7) is 5.96. The predicted octanol–water partition coefficient (Wildman–Crippen LogP) is 1.03. The molecule has 2 aromatic heterocycles. The van der Waals surface area contributed by atoms with Gasteiger partial charge < -0.3 is 9.42 Å². The first kappa shape index (κ1) is 16.1. The van der Waals surface area contributed by atoms with Gasteiger partial charge in [-0.1, -0.05) is 5.16 Å². The summed E-state index contributed by atoms with van der Waals surface area (Å²) in [5.41, 5.74) is 1.82. The lowest BCUT2D eigenvalue weighted by Crippen LogP contribution is -2.41. The van der Waals surface area contributed by atoms with Crippen molar-refractivity contribution < 1.29 is 9.32 Å². The Bertz CT molecular complexity index is 839. The minimum atomic E-state index is -0.0373. The van der Waals surface area contributed by atoms with Gasteiger partial charge in [-0.2, -0.15) is 5.10 Å². The van der Waals surface area contributed by atoms with Crippen molar-refractivity contribution in [1.82, 2.24) is 24.4 Å². The van der Waals surface area contributed by atoms with Crippen LogP contribution in [0.2, 0.25) is 0 Å². The highest BCUT2D eigenvalue weighted by molar-refractivity contribution is 5.76. The Kier molecular flexibility index (Phi) is 3.97. The Morgan fingerprint density at radius 1 is 1.28 bits per heavy atom. The highest BCUT2D eigenvalue weighted by atomic mass is 16.5. The fourth-order valence-electron chi connectivity index (χ4n) is 3.42. The number of nitrogens with zero attached hydrogens (tertiary/aromatic N) is 5. The first-order valence-corrected chi connectivity index (χ1v) is 8.89.